The molecule has 1 aliphatic heterocycles. The molecule has 25 heavy (non-hydrogen) atoms. The Balaban J connectivity index is 1.53. The van der Waals surface area contributed by atoms with Gasteiger partial charge in [0.15, 0.2) is 0 Å². The number of aryl methyl sites for hydroxylation is 1. The minimum atomic E-state index is 0.0551. The van der Waals surface area contributed by atoms with Gasteiger partial charge >= 0.3 is 0 Å². The van der Waals surface area contributed by atoms with E-state index in [-0.39, 0.29) is 11.8 Å². The van der Waals surface area contributed by atoms with E-state index in [0.29, 0.717) is 19.4 Å². The van der Waals surface area contributed by atoms with Crippen molar-refractivity contribution in [1.29, 1.82) is 0 Å². The molecule has 4 nitrogen and oxygen atoms in total. The first kappa shape index (κ1) is 20.0. The lowest BCUT2D eigenvalue weighted by Gasteiger charge is -2.20. The molecule has 1 N–H and O–H groups in total. The summed E-state index contributed by atoms with van der Waals surface area (Å²) in [7, 11) is 0. The molecule has 138 valence electrons. The van der Waals surface area contributed by atoms with E-state index in [9.17, 15) is 9.59 Å². The van der Waals surface area contributed by atoms with Crippen molar-refractivity contribution in [3.8, 4) is 0 Å². The van der Waals surface area contributed by atoms with Crippen molar-refractivity contribution >= 4 is 27.7 Å². The van der Waals surface area contributed by atoms with E-state index in [1.54, 1.807) is 0 Å². The second-order valence-electron chi connectivity index (χ2n) is 6.73. The van der Waals surface area contributed by atoms with Crippen molar-refractivity contribution in [2.45, 2.75) is 57.8 Å². The van der Waals surface area contributed by atoms with E-state index < -0.39 is 0 Å². The summed E-state index contributed by atoms with van der Waals surface area (Å²) in [5.41, 5.74) is 1.30. The summed E-state index contributed by atoms with van der Waals surface area (Å²) in [5.74, 6) is 0.233. The fourth-order valence-electron chi connectivity index (χ4n) is 3.14. The van der Waals surface area contributed by atoms with Gasteiger partial charge in [0.25, 0.3) is 0 Å². The van der Waals surface area contributed by atoms with Crippen molar-refractivity contribution in [3.05, 3.63) is 34.3 Å². The molecule has 0 aliphatic carbocycles. The number of carbonyl (C=O) groups is 2. The zero-order chi connectivity index (χ0) is 17.9. The predicted octanol–water partition coefficient (Wildman–Crippen LogP) is 4.07. The average molecular weight is 409 g/mol. The third kappa shape index (κ3) is 8.04. The second kappa shape index (κ2) is 11.3. The number of likely N-dealkylation sites (tertiary alicyclic amines) is 1. The third-order valence-electron chi connectivity index (χ3n) is 4.65. The molecule has 1 aliphatic rings. The molecular formula is C20H29BrN2O2. The molecule has 1 saturated heterocycles. The van der Waals surface area contributed by atoms with Crippen molar-refractivity contribution < 1.29 is 9.59 Å². The lowest BCUT2D eigenvalue weighted by molar-refractivity contribution is -0.131. The van der Waals surface area contributed by atoms with Crippen LogP contribution in [0, 0.1) is 0 Å². The summed E-state index contributed by atoms with van der Waals surface area (Å²) in [5, 5.41) is 2.88. The maximum atomic E-state index is 12.1. The Morgan fingerprint density at radius 1 is 0.960 bits per heavy atom. The highest BCUT2D eigenvalue weighted by Crippen LogP contribution is 2.13. The Hall–Kier alpha value is -1.36. The highest BCUT2D eigenvalue weighted by Gasteiger charge is 2.15. The van der Waals surface area contributed by atoms with Gasteiger partial charge in [-0.05, 0) is 49.8 Å². The SMILES string of the molecule is O=C(CCCCc1ccc(Br)cc1)NCCC(=O)N1CCCCCC1. The maximum absolute atomic E-state index is 12.1. The van der Waals surface area contributed by atoms with Gasteiger partial charge in [-0.25, -0.2) is 0 Å². The van der Waals surface area contributed by atoms with Crippen LogP contribution in [0.15, 0.2) is 28.7 Å². The molecule has 0 atom stereocenters. The van der Waals surface area contributed by atoms with Gasteiger partial charge in [0.1, 0.15) is 0 Å². The van der Waals surface area contributed by atoms with Crippen molar-refractivity contribution in [3.63, 3.8) is 0 Å². The van der Waals surface area contributed by atoms with E-state index in [4.69, 9.17) is 0 Å². The molecule has 5 heteroatoms. The lowest BCUT2D eigenvalue weighted by atomic mass is 10.1. The minimum absolute atomic E-state index is 0.0551. The van der Waals surface area contributed by atoms with Crippen molar-refractivity contribution in [1.82, 2.24) is 10.2 Å². The predicted molar refractivity (Wildman–Crippen MR) is 104 cm³/mol. The smallest absolute Gasteiger partial charge is 0.224 e. The molecule has 1 aromatic rings. The zero-order valence-electron chi connectivity index (χ0n) is 14.9. The van der Waals surface area contributed by atoms with Crippen LogP contribution in [-0.2, 0) is 16.0 Å². The number of halogens is 1. The quantitative estimate of drug-likeness (QED) is 0.658. The molecule has 1 heterocycles. The monoisotopic (exact) mass is 408 g/mol. The second-order valence-corrected chi connectivity index (χ2v) is 7.64. The number of hydrogen-bond donors (Lipinski definition) is 1. The van der Waals surface area contributed by atoms with Gasteiger partial charge in [0.2, 0.25) is 11.8 Å². The Morgan fingerprint density at radius 3 is 2.32 bits per heavy atom. The van der Waals surface area contributed by atoms with Crippen LogP contribution in [0.4, 0.5) is 0 Å². The number of rotatable bonds is 8. The molecule has 0 radical (unpaired) electrons. The fourth-order valence-corrected chi connectivity index (χ4v) is 3.41. The summed E-state index contributed by atoms with van der Waals surface area (Å²) >= 11 is 3.43. The number of nitrogens with one attached hydrogen (secondary N) is 1. The molecule has 1 aromatic carbocycles. The molecule has 1 fully saturated rings. The van der Waals surface area contributed by atoms with Gasteiger partial charge in [0.05, 0.1) is 0 Å². The summed E-state index contributed by atoms with van der Waals surface area (Å²) in [6.07, 6.45) is 8.49. The minimum Gasteiger partial charge on any atom is -0.356 e. The summed E-state index contributed by atoms with van der Waals surface area (Å²) < 4.78 is 1.09. The summed E-state index contributed by atoms with van der Waals surface area (Å²) in [6, 6.07) is 8.31. The zero-order valence-corrected chi connectivity index (χ0v) is 16.5. The normalized spacial score (nSPS) is 14.8. The first-order valence-electron chi connectivity index (χ1n) is 9.44. The topological polar surface area (TPSA) is 49.4 Å². The number of carbonyl (C=O) groups excluding carboxylic acids is 2. The van der Waals surface area contributed by atoms with Crippen LogP contribution in [0.3, 0.4) is 0 Å². The van der Waals surface area contributed by atoms with Gasteiger partial charge < -0.3 is 10.2 Å². The Bertz CT molecular complexity index is 537. The first-order chi connectivity index (χ1) is 12.1. The standard InChI is InChI=1S/C20H29BrN2O2/c21-18-11-9-17(10-12-18)7-3-4-8-19(24)22-14-13-20(25)23-15-5-1-2-6-16-23/h9-12H,1-8,13-16H2,(H,22,24). The molecular weight excluding hydrogens is 380 g/mol. The van der Waals surface area contributed by atoms with Crippen molar-refractivity contribution in [2.75, 3.05) is 19.6 Å². The highest BCUT2D eigenvalue weighted by atomic mass is 79.9. The Labute approximate surface area is 159 Å². The molecule has 0 bridgehead atoms. The average Bonchev–Trinajstić information content (AvgIpc) is 2.89. The number of amides is 2. The number of nitrogens with zero attached hydrogens (tertiary/aromatic N) is 1. The first-order valence-corrected chi connectivity index (χ1v) is 10.2. The van der Waals surface area contributed by atoms with Crippen LogP contribution in [0.2, 0.25) is 0 Å². The fraction of sp³-hybridized carbons (Fsp3) is 0.600. The van der Waals surface area contributed by atoms with Gasteiger partial charge in [0, 0.05) is 36.9 Å². The summed E-state index contributed by atoms with van der Waals surface area (Å²) in [4.78, 5) is 26.0. The Kier molecular flexibility index (Phi) is 9.02. The van der Waals surface area contributed by atoms with Crippen LogP contribution in [0.5, 0.6) is 0 Å². The van der Waals surface area contributed by atoms with Gasteiger partial charge in [-0.15, -0.1) is 0 Å². The van der Waals surface area contributed by atoms with E-state index in [2.05, 4.69) is 33.4 Å². The van der Waals surface area contributed by atoms with Gasteiger partial charge in [-0.2, -0.15) is 0 Å². The van der Waals surface area contributed by atoms with E-state index in [1.807, 2.05) is 17.0 Å². The lowest BCUT2D eigenvalue weighted by Crippen LogP contribution is -2.35. The van der Waals surface area contributed by atoms with E-state index in [0.717, 1.165) is 49.7 Å². The molecule has 2 amide bonds. The molecule has 0 aromatic heterocycles. The summed E-state index contributed by atoms with van der Waals surface area (Å²) in [6.45, 7) is 2.21. The van der Waals surface area contributed by atoms with Gasteiger partial charge in [-0.1, -0.05) is 40.9 Å². The van der Waals surface area contributed by atoms with Crippen LogP contribution >= 0.6 is 15.9 Å². The number of hydrogen-bond acceptors (Lipinski definition) is 2. The number of benzene rings is 1. The van der Waals surface area contributed by atoms with Crippen molar-refractivity contribution in [2.24, 2.45) is 0 Å². The maximum Gasteiger partial charge on any atom is 0.224 e. The molecule has 0 unspecified atom stereocenters. The highest BCUT2D eigenvalue weighted by molar-refractivity contribution is 9.10. The molecule has 2 rings (SSSR count). The molecule has 0 spiro atoms. The largest absolute Gasteiger partial charge is 0.356 e. The van der Waals surface area contributed by atoms with Crippen LogP contribution in [-0.4, -0.2) is 36.3 Å². The van der Waals surface area contributed by atoms with E-state index in [1.165, 1.54) is 18.4 Å². The number of unbranched alkanes of at least 4 members (excludes halogenated alkanes) is 1. The Morgan fingerprint density at radius 2 is 1.64 bits per heavy atom. The van der Waals surface area contributed by atoms with Crippen LogP contribution in [0.1, 0.15) is 56.9 Å². The molecule has 0 saturated carbocycles. The van der Waals surface area contributed by atoms with Crippen LogP contribution < -0.4 is 5.32 Å². The third-order valence-corrected chi connectivity index (χ3v) is 5.18. The van der Waals surface area contributed by atoms with Crippen LogP contribution in [0.25, 0.3) is 0 Å². The van der Waals surface area contributed by atoms with E-state index >= 15 is 0 Å². The van der Waals surface area contributed by atoms with Gasteiger partial charge in [-0.3, -0.25) is 9.59 Å².